The number of carbonyl (C=O) groups excluding carboxylic acids is 1. The molecule has 0 aromatic carbocycles. The molecule has 4 atom stereocenters. The summed E-state index contributed by atoms with van der Waals surface area (Å²) in [6.45, 7) is 33.5. The van der Waals surface area contributed by atoms with Crippen molar-refractivity contribution in [3.05, 3.63) is 0 Å². The molecule has 4 unspecified atom stereocenters. The summed E-state index contributed by atoms with van der Waals surface area (Å²) in [4.78, 5) is 11.0. The Kier molecular flexibility index (Phi) is 16.3. The fourth-order valence-corrected chi connectivity index (χ4v) is 6.64. The highest BCUT2D eigenvalue weighted by atomic mass is 16.5. The molecule has 1 saturated heterocycles. The van der Waals surface area contributed by atoms with Crippen molar-refractivity contribution >= 4 is 6.47 Å². The number of hydrogen-bond donors (Lipinski definition) is 3. The van der Waals surface area contributed by atoms with Gasteiger partial charge in [0.05, 0.1) is 78.3 Å². The molecule has 1 heterocycles. The average Bonchev–Trinajstić information content (AvgIpc) is 3.31. The first kappa shape index (κ1) is 46.2. The van der Waals surface area contributed by atoms with Gasteiger partial charge in [0.1, 0.15) is 5.60 Å². The first-order chi connectivity index (χ1) is 21.8. The second-order valence-electron chi connectivity index (χ2n) is 19.1. The van der Waals surface area contributed by atoms with Crippen LogP contribution in [0, 0.1) is 17.8 Å². The Morgan fingerprint density at radius 3 is 1.49 bits per heavy atom. The van der Waals surface area contributed by atoms with Gasteiger partial charge in [0.15, 0.2) is 0 Å². The Balaban J connectivity index is 3.60. The van der Waals surface area contributed by atoms with Crippen LogP contribution >= 0.6 is 0 Å². The van der Waals surface area contributed by atoms with E-state index < -0.39 is 44.8 Å². The van der Waals surface area contributed by atoms with Crippen LogP contribution in [0.5, 0.6) is 0 Å². The van der Waals surface area contributed by atoms with Gasteiger partial charge in [-0.05, 0) is 136 Å². The van der Waals surface area contributed by atoms with E-state index in [0.717, 1.165) is 0 Å². The minimum Gasteiger partial charge on any atom is -0.462 e. The third kappa shape index (κ3) is 17.0. The van der Waals surface area contributed by atoms with Crippen LogP contribution in [0.25, 0.3) is 0 Å². The maximum absolute atomic E-state index is 11.0. The Morgan fingerprint density at radius 2 is 1.04 bits per heavy atom. The van der Waals surface area contributed by atoms with Crippen molar-refractivity contribution in [1.29, 1.82) is 0 Å². The highest BCUT2D eigenvalue weighted by molar-refractivity contribution is 5.38. The summed E-state index contributed by atoms with van der Waals surface area (Å²) in [5.41, 5.74) is -5.84. The lowest BCUT2D eigenvalue weighted by molar-refractivity contribution is -0.174. The van der Waals surface area contributed by atoms with Crippen molar-refractivity contribution in [1.82, 2.24) is 0 Å². The summed E-state index contributed by atoms with van der Waals surface area (Å²) in [5.74, 6) is -0.399. The zero-order chi connectivity index (χ0) is 38.3. The Hall–Kier alpha value is -0.850. The summed E-state index contributed by atoms with van der Waals surface area (Å²) in [6.07, 6.45) is 2.24. The second-order valence-corrected chi connectivity index (χ2v) is 19.1. The second kappa shape index (κ2) is 17.3. The largest absolute Gasteiger partial charge is 0.462 e. The number of aliphatic hydroxyl groups is 3. The minimum atomic E-state index is -0.872. The van der Waals surface area contributed by atoms with Gasteiger partial charge in [0.25, 0.3) is 6.47 Å². The molecule has 0 saturated carbocycles. The van der Waals surface area contributed by atoms with E-state index in [1.807, 2.05) is 13.8 Å². The van der Waals surface area contributed by atoms with E-state index in [4.69, 9.17) is 28.4 Å². The maximum Gasteiger partial charge on any atom is 0.293 e. The molecule has 0 amide bonds. The van der Waals surface area contributed by atoms with Crippen molar-refractivity contribution in [3.8, 4) is 0 Å². The van der Waals surface area contributed by atoms with Gasteiger partial charge in [-0.1, -0.05) is 0 Å². The van der Waals surface area contributed by atoms with Gasteiger partial charge in [-0.25, -0.2) is 0 Å². The fraction of sp³-hybridized carbons (Fsp3) is 0.974. The SMILES string of the molecule is CC(C)(O)CCOC(C)(C)C(CC(C)(C)OCCC(C)(C)OC=O)C1OCC(C(C)(C)OCCC(C)(C)O)C1C(C)(C)OCCC(C)(C)O. The van der Waals surface area contributed by atoms with E-state index in [-0.39, 0.29) is 23.9 Å². The fourth-order valence-electron chi connectivity index (χ4n) is 6.64. The van der Waals surface area contributed by atoms with Crippen molar-refractivity contribution < 1.29 is 48.5 Å². The molecule has 1 aliphatic rings. The summed E-state index contributed by atoms with van der Waals surface area (Å²) < 4.78 is 38.5. The molecule has 0 aromatic rings. The van der Waals surface area contributed by atoms with E-state index >= 15 is 0 Å². The number of rotatable bonds is 24. The highest BCUT2D eigenvalue weighted by Gasteiger charge is 2.57. The lowest BCUT2D eigenvalue weighted by atomic mass is 9.65. The number of carbonyl (C=O) groups is 1. The molecule has 0 spiro atoms. The van der Waals surface area contributed by atoms with Crippen LogP contribution in [0.2, 0.25) is 0 Å². The van der Waals surface area contributed by atoms with Gasteiger partial charge >= 0.3 is 0 Å². The molecule has 0 radical (unpaired) electrons. The molecule has 3 N–H and O–H groups in total. The molecule has 0 aromatic heterocycles. The molecule has 0 aliphatic carbocycles. The van der Waals surface area contributed by atoms with E-state index in [1.165, 1.54) is 0 Å². The smallest absolute Gasteiger partial charge is 0.293 e. The van der Waals surface area contributed by atoms with Crippen molar-refractivity contribution in [2.45, 2.75) is 194 Å². The quantitative estimate of drug-likeness (QED) is 0.0941. The van der Waals surface area contributed by atoms with Crippen LogP contribution in [0.15, 0.2) is 0 Å². The van der Waals surface area contributed by atoms with Gasteiger partial charge in [0.2, 0.25) is 0 Å². The monoisotopic (exact) mass is 705 g/mol. The van der Waals surface area contributed by atoms with Crippen molar-refractivity contribution in [2.75, 3.05) is 33.0 Å². The molecule has 292 valence electrons. The summed E-state index contributed by atoms with van der Waals surface area (Å²) in [7, 11) is 0. The zero-order valence-electron chi connectivity index (χ0n) is 34.2. The zero-order valence-corrected chi connectivity index (χ0v) is 34.2. The standard InChI is InChI=1S/C39H76O10/c1-32(2,41)17-21-46-37(11,12)28(25-36(9,10)45-24-20-35(7,8)49-27-40)31-30(39(15,16)48-23-19-34(5,6)43)29(26-44-31)38(13,14)47-22-18-33(3,4)42/h27-31,41-43H,17-26H2,1-16H3. The van der Waals surface area contributed by atoms with E-state index in [2.05, 4.69) is 55.4 Å². The van der Waals surface area contributed by atoms with Gasteiger partial charge in [0, 0.05) is 24.2 Å². The molecule has 10 heteroatoms. The molecule has 1 fully saturated rings. The van der Waals surface area contributed by atoms with Crippen LogP contribution in [0.4, 0.5) is 0 Å². The maximum atomic E-state index is 11.0. The first-order valence-corrected chi connectivity index (χ1v) is 18.3. The normalized spacial score (nSPS) is 21.2. The van der Waals surface area contributed by atoms with Crippen LogP contribution in [-0.4, -0.2) is 106 Å². The van der Waals surface area contributed by atoms with E-state index in [0.29, 0.717) is 71.6 Å². The number of hydrogen-bond acceptors (Lipinski definition) is 10. The van der Waals surface area contributed by atoms with Gasteiger partial charge in [-0.2, -0.15) is 0 Å². The lowest BCUT2D eigenvalue weighted by Gasteiger charge is -2.48. The van der Waals surface area contributed by atoms with Crippen LogP contribution in [0.1, 0.15) is 143 Å². The molecule has 0 bridgehead atoms. The molecular weight excluding hydrogens is 628 g/mol. The van der Waals surface area contributed by atoms with Crippen LogP contribution in [-0.2, 0) is 33.2 Å². The molecule has 10 nitrogen and oxygen atoms in total. The Bertz CT molecular complexity index is 981. The van der Waals surface area contributed by atoms with E-state index in [1.54, 1.807) is 41.5 Å². The predicted octanol–water partition coefficient (Wildman–Crippen LogP) is 6.63. The Morgan fingerprint density at radius 1 is 0.612 bits per heavy atom. The first-order valence-electron chi connectivity index (χ1n) is 18.3. The van der Waals surface area contributed by atoms with Gasteiger partial charge in [-0.3, -0.25) is 4.79 Å². The number of ether oxygens (including phenoxy) is 6. The third-order valence-corrected chi connectivity index (χ3v) is 10.1. The van der Waals surface area contributed by atoms with Gasteiger partial charge < -0.3 is 43.7 Å². The predicted molar refractivity (Wildman–Crippen MR) is 194 cm³/mol. The van der Waals surface area contributed by atoms with Crippen molar-refractivity contribution in [3.63, 3.8) is 0 Å². The molecule has 1 rings (SSSR count). The topological polar surface area (TPSA) is 133 Å². The van der Waals surface area contributed by atoms with Gasteiger partial charge in [-0.15, -0.1) is 0 Å². The molecular formula is C39H76O10. The molecule has 1 aliphatic heterocycles. The summed E-state index contributed by atoms with van der Waals surface area (Å²) >= 11 is 0. The third-order valence-electron chi connectivity index (χ3n) is 10.1. The lowest BCUT2D eigenvalue weighted by Crippen LogP contribution is -2.55. The molecule has 49 heavy (non-hydrogen) atoms. The Labute approximate surface area is 299 Å². The average molecular weight is 705 g/mol. The minimum absolute atomic E-state index is 0.0727. The highest BCUT2D eigenvalue weighted by Crippen LogP contribution is 2.50. The summed E-state index contributed by atoms with van der Waals surface area (Å²) in [5, 5.41) is 31.3. The van der Waals surface area contributed by atoms with Crippen LogP contribution < -0.4 is 0 Å². The van der Waals surface area contributed by atoms with Crippen LogP contribution in [0.3, 0.4) is 0 Å². The van der Waals surface area contributed by atoms with Crippen molar-refractivity contribution in [2.24, 2.45) is 17.8 Å². The summed E-state index contributed by atoms with van der Waals surface area (Å²) in [6, 6.07) is 0. The van der Waals surface area contributed by atoms with E-state index in [9.17, 15) is 20.1 Å².